The Morgan fingerprint density at radius 3 is 2.72 bits per heavy atom. The van der Waals surface area contributed by atoms with E-state index < -0.39 is 5.54 Å². The van der Waals surface area contributed by atoms with Gasteiger partial charge in [0, 0.05) is 25.2 Å². The molecule has 18 heavy (non-hydrogen) atoms. The van der Waals surface area contributed by atoms with Gasteiger partial charge in [-0.2, -0.15) is 0 Å². The maximum Gasteiger partial charge on any atom is 0.237 e. The van der Waals surface area contributed by atoms with Gasteiger partial charge in [0.1, 0.15) is 0 Å². The molecule has 0 bridgehead atoms. The van der Waals surface area contributed by atoms with Gasteiger partial charge in [-0.15, -0.1) is 0 Å². The number of nitrogens with zero attached hydrogens (tertiary/aromatic N) is 1. The average Bonchev–Trinajstić information content (AvgIpc) is 2.96. The fraction of sp³-hybridized carbons (Fsp3) is 0.923. The van der Waals surface area contributed by atoms with E-state index in [1.165, 1.54) is 0 Å². The Kier molecular flexibility index (Phi) is 4.25. The summed E-state index contributed by atoms with van der Waals surface area (Å²) < 4.78 is 5.38. The fourth-order valence-electron chi connectivity index (χ4n) is 2.40. The van der Waals surface area contributed by atoms with Gasteiger partial charge >= 0.3 is 0 Å². The molecule has 1 amide bonds. The van der Waals surface area contributed by atoms with Crippen LogP contribution in [0.1, 0.15) is 32.6 Å². The molecule has 104 valence electrons. The van der Waals surface area contributed by atoms with Gasteiger partial charge in [0.15, 0.2) is 0 Å². The SMILES string of the molecule is CN(CCC(C)(NC1CC1)C(N)=O)C1CCOC1. The van der Waals surface area contributed by atoms with Crippen molar-refractivity contribution < 1.29 is 9.53 Å². The zero-order valence-electron chi connectivity index (χ0n) is 11.4. The number of hydrogen-bond donors (Lipinski definition) is 2. The molecule has 0 spiro atoms. The third-order valence-electron chi connectivity index (χ3n) is 4.14. The number of likely N-dealkylation sites (N-methyl/N-ethyl adjacent to an activating group) is 1. The highest BCUT2D eigenvalue weighted by Gasteiger charge is 2.37. The number of rotatable bonds is 7. The highest BCUT2D eigenvalue weighted by Crippen LogP contribution is 2.24. The van der Waals surface area contributed by atoms with E-state index in [1.807, 2.05) is 6.92 Å². The van der Waals surface area contributed by atoms with Crippen LogP contribution in [0.15, 0.2) is 0 Å². The molecule has 1 saturated heterocycles. The van der Waals surface area contributed by atoms with Crippen molar-refractivity contribution in [3.05, 3.63) is 0 Å². The minimum absolute atomic E-state index is 0.245. The molecule has 0 aromatic rings. The van der Waals surface area contributed by atoms with E-state index in [2.05, 4.69) is 17.3 Å². The summed E-state index contributed by atoms with van der Waals surface area (Å²) in [5.74, 6) is -0.245. The van der Waals surface area contributed by atoms with Gasteiger partial charge in [-0.05, 0) is 39.7 Å². The first-order valence-corrected chi connectivity index (χ1v) is 6.87. The highest BCUT2D eigenvalue weighted by molar-refractivity contribution is 5.84. The van der Waals surface area contributed by atoms with E-state index in [4.69, 9.17) is 10.5 Å². The number of carbonyl (C=O) groups excluding carboxylic acids is 1. The van der Waals surface area contributed by atoms with Crippen molar-refractivity contribution in [3.63, 3.8) is 0 Å². The molecule has 3 N–H and O–H groups in total. The van der Waals surface area contributed by atoms with Crippen molar-refractivity contribution in [2.24, 2.45) is 5.73 Å². The second-order valence-electron chi connectivity index (χ2n) is 5.86. The third-order valence-corrected chi connectivity index (χ3v) is 4.14. The molecule has 1 saturated carbocycles. The van der Waals surface area contributed by atoms with Crippen molar-refractivity contribution in [1.29, 1.82) is 0 Å². The summed E-state index contributed by atoms with van der Waals surface area (Å²) >= 11 is 0. The molecule has 5 nitrogen and oxygen atoms in total. The summed E-state index contributed by atoms with van der Waals surface area (Å²) in [4.78, 5) is 13.9. The molecule has 1 heterocycles. The highest BCUT2D eigenvalue weighted by atomic mass is 16.5. The number of carbonyl (C=O) groups is 1. The van der Waals surface area contributed by atoms with Crippen molar-refractivity contribution >= 4 is 5.91 Å². The van der Waals surface area contributed by atoms with Crippen LogP contribution in [0.3, 0.4) is 0 Å². The molecule has 2 aliphatic rings. The lowest BCUT2D eigenvalue weighted by molar-refractivity contribution is -0.124. The lowest BCUT2D eigenvalue weighted by Gasteiger charge is -2.31. The van der Waals surface area contributed by atoms with Gasteiger partial charge in [-0.3, -0.25) is 4.79 Å². The smallest absolute Gasteiger partial charge is 0.237 e. The van der Waals surface area contributed by atoms with Crippen molar-refractivity contribution in [2.45, 2.75) is 50.2 Å². The van der Waals surface area contributed by atoms with E-state index in [1.54, 1.807) is 0 Å². The fourth-order valence-corrected chi connectivity index (χ4v) is 2.40. The van der Waals surface area contributed by atoms with Crippen molar-refractivity contribution in [3.8, 4) is 0 Å². The zero-order valence-corrected chi connectivity index (χ0v) is 11.4. The summed E-state index contributed by atoms with van der Waals surface area (Å²) in [5, 5.41) is 3.38. The number of nitrogens with one attached hydrogen (secondary N) is 1. The average molecular weight is 255 g/mol. The predicted molar refractivity (Wildman–Crippen MR) is 70.2 cm³/mol. The molecule has 2 atom stereocenters. The van der Waals surface area contributed by atoms with E-state index >= 15 is 0 Å². The molecule has 2 fully saturated rings. The normalized spacial score (nSPS) is 27.4. The monoisotopic (exact) mass is 255 g/mol. The summed E-state index contributed by atoms with van der Waals surface area (Å²) in [6.45, 7) is 4.45. The molecule has 1 aliphatic carbocycles. The van der Waals surface area contributed by atoms with Gasteiger partial charge in [0.2, 0.25) is 5.91 Å². The Morgan fingerprint density at radius 2 is 2.22 bits per heavy atom. The van der Waals surface area contributed by atoms with Crippen LogP contribution in [0.2, 0.25) is 0 Å². The summed E-state index contributed by atoms with van der Waals surface area (Å²) in [5.41, 5.74) is 4.97. The van der Waals surface area contributed by atoms with Crippen molar-refractivity contribution in [1.82, 2.24) is 10.2 Å². The Balaban J connectivity index is 1.82. The zero-order chi connectivity index (χ0) is 13.2. The quantitative estimate of drug-likeness (QED) is 0.677. The van der Waals surface area contributed by atoms with Crippen LogP contribution in [-0.2, 0) is 9.53 Å². The Morgan fingerprint density at radius 1 is 1.50 bits per heavy atom. The van der Waals surface area contributed by atoms with Gasteiger partial charge in [0.05, 0.1) is 12.1 Å². The maximum absolute atomic E-state index is 11.6. The minimum atomic E-state index is -0.575. The van der Waals surface area contributed by atoms with Gasteiger partial charge in [0.25, 0.3) is 0 Å². The topological polar surface area (TPSA) is 67.6 Å². The summed E-state index contributed by atoms with van der Waals surface area (Å²) in [7, 11) is 2.10. The van der Waals surface area contributed by atoms with E-state index in [-0.39, 0.29) is 5.91 Å². The number of nitrogens with two attached hydrogens (primary N) is 1. The number of ether oxygens (including phenoxy) is 1. The summed E-state index contributed by atoms with van der Waals surface area (Å²) in [6, 6.07) is 0.977. The second kappa shape index (κ2) is 5.55. The molecule has 0 aromatic heterocycles. The van der Waals surface area contributed by atoms with Gasteiger partial charge in [-0.1, -0.05) is 0 Å². The molecule has 1 aliphatic heterocycles. The first-order valence-electron chi connectivity index (χ1n) is 6.87. The number of amides is 1. The molecule has 5 heteroatoms. The van der Waals surface area contributed by atoms with E-state index in [0.29, 0.717) is 12.1 Å². The Labute approximate surface area is 109 Å². The van der Waals surface area contributed by atoms with Crippen LogP contribution >= 0.6 is 0 Å². The number of primary amides is 1. The van der Waals surface area contributed by atoms with Crippen LogP contribution in [0.25, 0.3) is 0 Å². The molecule has 0 aromatic carbocycles. The number of hydrogen-bond acceptors (Lipinski definition) is 4. The molecule has 0 radical (unpaired) electrons. The van der Waals surface area contributed by atoms with Crippen LogP contribution in [0.4, 0.5) is 0 Å². The van der Waals surface area contributed by atoms with Crippen molar-refractivity contribution in [2.75, 3.05) is 26.8 Å². The molecule has 2 rings (SSSR count). The van der Waals surface area contributed by atoms with Crippen LogP contribution in [0.5, 0.6) is 0 Å². The lowest BCUT2D eigenvalue weighted by atomic mass is 9.96. The standard InChI is InChI=1S/C13H25N3O2/c1-13(12(14)17,15-10-3-4-10)6-7-16(2)11-5-8-18-9-11/h10-11,15H,3-9H2,1-2H3,(H2,14,17). The van der Waals surface area contributed by atoms with E-state index in [9.17, 15) is 4.79 Å². The largest absolute Gasteiger partial charge is 0.380 e. The lowest BCUT2D eigenvalue weighted by Crippen LogP contribution is -2.55. The van der Waals surface area contributed by atoms with E-state index in [0.717, 1.165) is 45.4 Å². The first-order chi connectivity index (χ1) is 8.51. The molecular formula is C13H25N3O2. The first kappa shape index (κ1) is 13.8. The van der Waals surface area contributed by atoms with Crippen LogP contribution in [-0.4, -0.2) is 55.2 Å². The minimum Gasteiger partial charge on any atom is -0.380 e. The van der Waals surface area contributed by atoms with Crippen LogP contribution in [0, 0.1) is 0 Å². The van der Waals surface area contributed by atoms with Crippen LogP contribution < -0.4 is 11.1 Å². The van der Waals surface area contributed by atoms with Gasteiger partial charge in [-0.25, -0.2) is 0 Å². The second-order valence-corrected chi connectivity index (χ2v) is 5.86. The Bertz CT molecular complexity index is 301. The maximum atomic E-state index is 11.6. The molecular weight excluding hydrogens is 230 g/mol. The van der Waals surface area contributed by atoms with Gasteiger partial charge < -0.3 is 20.7 Å². The third kappa shape index (κ3) is 3.43. The molecule has 2 unspecified atom stereocenters. The summed E-state index contributed by atoms with van der Waals surface area (Å²) in [6.07, 6.45) is 4.16. The predicted octanol–water partition coefficient (Wildman–Crippen LogP) is 0.0932. The Hall–Kier alpha value is -0.650.